The van der Waals surface area contributed by atoms with E-state index in [1.54, 1.807) is 35.6 Å². The van der Waals surface area contributed by atoms with Gasteiger partial charge in [-0.15, -0.1) is 0 Å². The van der Waals surface area contributed by atoms with Gasteiger partial charge >= 0.3 is 12.3 Å². The molecule has 0 fully saturated rings. The lowest BCUT2D eigenvalue weighted by molar-refractivity contribution is -0.198. The number of aliphatic hydroxyl groups is 1. The van der Waals surface area contributed by atoms with E-state index in [1.165, 1.54) is 0 Å². The van der Waals surface area contributed by atoms with Crippen LogP contribution < -0.4 is 5.32 Å². The van der Waals surface area contributed by atoms with Crippen LogP contribution in [0.25, 0.3) is 0 Å². The van der Waals surface area contributed by atoms with Crippen molar-refractivity contribution in [1.82, 2.24) is 5.32 Å². The molecular formula is C12H14F3NO3. The van der Waals surface area contributed by atoms with Crippen LogP contribution in [0.1, 0.15) is 12.5 Å². The minimum Gasteiger partial charge on any atom is -0.445 e. The minimum absolute atomic E-state index is 0.147. The molecule has 0 radical (unpaired) electrons. The Morgan fingerprint density at radius 3 is 2.37 bits per heavy atom. The van der Waals surface area contributed by atoms with Crippen molar-refractivity contribution in [2.75, 3.05) is 6.61 Å². The highest BCUT2D eigenvalue weighted by Gasteiger charge is 2.52. The van der Waals surface area contributed by atoms with E-state index in [1.807, 2.05) is 0 Å². The van der Waals surface area contributed by atoms with Crippen molar-refractivity contribution < 1.29 is 27.8 Å². The first-order chi connectivity index (χ1) is 8.78. The number of halogens is 3. The van der Waals surface area contributed by atoms with E-state index in [9.17, 15) is 18.0 Å². The zero-order chi connectivity index (χ0) is 14.5. The van der Waals surface area contributed by atoms with Crippen LogP contribution in [0.4, 0.5) is 18.0 Å². The second-order valence-corrected chi connectivity index (χ2v) is 4.17. The van der Waals surface area contributed by atoms with Gasteiger partial charge in [0.1, 0.15) is 6.61 Å². The lowest BCUT2D eigenvalue weighted by Crippen LogP contribution is -2.59. The van der Waals surface area contributed by atoms with E-state index in [2.05, 4.69) is 4.74 Å². The van der Waals surface area contributed by atoms with E-state index in [0.717, 1.165) is 0 Å². The summed E-state index contributed by atoms with van der Waals surface area (Å²) in [5.41, 5.74) is -2.07. The fourth-order valence-electron chi connectivity index (χ4n) is 1.18. The molecule has 1 rings (SSSR count). The number of alkyl carbamates (subject to hydrolysis) is 1. The topological polar surface area (TPSA) is 58.6 Å². The van der Waals surface area contributed by atoms with Gasteiger partial charge in [-0.05, 0) is 12.5 Å². The third-order valence-electron chi connectivity index (χ3n) is 2.53. The minimum atomic E-state index is -4.77. The number of nitrogens with one attached hydrogen (secondary N) is 1. The van der Waals surface area contributed by atoms with Gasteiger partial charge in [0, 0.05) is 0 Å². The Morgan fingerprint density at radius 1 is 1.32 bits per heavy atom. The molecule has 1 aromatic carbocycles. The average Bonchev–Trinajstić information content (AvgIpc) is 2.36. The third kappa shape index (κ3) is 4.13. The lowest BCUT2D eigenvalue weighted by atomic mass is 10.0. The molecule has 0 saturated heterocycles. The third-order valence-corrected chi connectivity index (χ3v) is 2.53. The summed E-state index contributed by atoms with van der Waals surface area (Å²) in [5.74, 6) is 0. The van der Waals surface area contributed by atoms with Crippen molar-refractivity contribution in [3.05, 3.63) is 35.9 Å². The number of ether oxygens (including phenoxy) is 1. The molecular weight excluding hydrogens is 263 g/mol. The Kier molecular flexibility index (Phi) is 4.77. The summed E-state index contributed by atoms with van der Waals surface area (Å²) in [6, 6.07) is 8.52. The predicted molar refractivity (Wildman–Crippen MR) is 61.3 cm³/mol. The molecule has 0 aliphatic heterocycles. The summed E-state index contributed by atoms with van der Waals surface area (Å²) < 4.78 is 42.5. The molecule has 2 N–H and O–H groups in total. The summed E-state index contributed by atoms with van der Waals surface area (Å²) in [5, 5.41) is 10.4. The van der Waals surface area contributed by atoms with Crippen molar-refractivity contribution in [3.63, 3.8) is 0 Å². The lowest BCUT2D eigenvalue weighted by Gasteiger charge is -2.30. The van der Waals surface area contributed by atoms with Crippen LogP contribution in [0.15, 0.2) is 30.3 Å². The van der Waals surface area contributed by atoms with Gasteiger partial charge in [0.15, 0.2) is 5.54 Å². The predicted octanol–water partition coefficient (Wildman–Crippen LogP) is 2.23. The van der Waals surface area contributed by atoms with Crippen molar-refractivity contribution in [1.29, 1.82) is 0 Å². The highest BCUT2D eigenvalue weighted by atomic mass is 19.4. The molecule has 106 valence electrons. The number of alkyl halides is 3. The Balaban J connectivity index is 2.55. The highest BCUT2D eigenvalue weighted by Crippen LogP contribution is 2.29. The van der Waals surface area contributed by atoms with E-state index in [-0.39, 0.29) is 6.61 Å². The number of aliphatic hydroxyl groups excluding tert-OH is 1. The molecule has 0 saturated carbocycles. The molecule has 0 aliphatic rings. The molecule has 0 heterocycles. The first-order valence-corrected chi connectivity index (χ1v) is 5.45. The van der Waals surface area contributed by atoms with Crippen LogP contribution in [0.2, 0.25) is 0 Å². The Bertz CT molecular complexity index is 422. The van der Waals surface area contributed by atoms with Gasteiger partial charge in [0.2, 0.25) is 0 Å². The monoisotopic (exact) mass is 277 g/mol. The zero-order valence-electron chi connectivity index (χ0n) is 10.2. The second-order valence-electron chi connectivity index (χ2n) is 4.17. The zero-order valence-corrected chi connectivity index (χ0v) is 10.2. The fourth-order valence-corrected chi connectivity index (χ4v) is 1.18. The number of carbonyl (C=O) groups excluding carboxylic acids is 1. The Labute approximate surface area is 108 Å². The molecule has 1 atom stereocenters. The Morgan fingerprint density at radius 2 is 1.89 bits per heavy atom. The summed E-state index contributed by atoms with van der Waals surface area (Å²) >= 11 is 0. The number of benzene rings is 1. The first-order valence-electron chi connectivity index (χ1n) is 5.45. The SMILES string of the molecule is CC(CO)(NC(=O)OCc1ccccc1)C(F)(F)F. The van der Waals surface area contributed by atoms with Crippen molar-refractivity contribution in [2.24, 2.45) is 0 Å². The molecule has 0 aliphatic carbocycles. The number of hydrogen-bond donors (Lipinski definition) is 2. The normalized spacial score (nSPS) is 14.6. The second kappa shape index (κ2) is 5.92. The number of hydrogen-bond acceptors (Lipinski definition) is 3. The fraction of sp³-hybridized carbons (Fsp3) is 0.417. The molecule has 7 heteroatoms. The average molecular weight is 277 g/mol. The van der Waals surface area contributed by atoms with Gasteiger partial charge in [0.25, 0.3) is 0 Å². The van der Waals surface area contributed by atoms with E-state index >= 15 is 0 Å². The number of amides is 1. The molecule has 0 aromatic heterocycles. The van der Waals surface area contributed by atoms with Crippen LogP contribution in [-0.2, 0) is 11.3 Å². The molecule has 1 unspecified atom stereocenters. The van der Waals surface area contributed by atoms with Gasteiger partial charge in [0.05, 0.1) is 6.61 Å². The maximum atomic E-state index is 12.6. The van der Waals surface area contributed by atoms with E-state index in [0.29, 0.717) is 12.5 Å². The van der Waals surface area contributed by atoms with Gasteiger partial charge in [-0.25, -0.2) is 4.79 Å². The van der Waals surface area contributed by atoms with Crippen LogP contribution in [0.3, 0.4) is 0 Å². The van der Waals surface area contributed by atoms with E-state index in [4.69, 9.17) is 5.11 Å². The van der Waals surface area contributed by atoms with Crippen LogP contribution in [0.5, 0.6) is 0 Å². The van der Waals surface area contributed by atoms with Crippen molar-refractivity contribution >= 4 is 6.09 Å². The molecule has 1 amide bonds. The maximum Gasteiger partial charge on any atom is 0.413 e. The van der Waals surface area contributed by atoms with Gasteiger partial charge < -0.3 is 15.2 Å². The summed E-state index contributed by atoms with van der Waals surface area (Å²) in [6.45, 7) is -0.736. The largest absolute Gasteiger partial charge is 0.445 e. The van der Waals surface area contributed by atoms with Crippen LogP contribution in [0, 0.1) is 0 Å². The number of carbonyl (C=O) groups is 1. The molecule has 0 bridgehead atoms. The summed E-state index contributed by atoms with van der Waals surface area (Å²) in [6.07, 6.45) is -6.01. The van der Waals surface area contributed by atoms with E-state index < -0.39 is 24.4 Å². The molecule has 19 heavy (non-hydrogen) atoms. The molecule has 0 spiro atoms. The molecule has 4 nitrogen and oxygen atoms in total. The quantitative estimate of drug-likeness (QED) is 0.887. The summed E-state index contributed by atoms with van der Waals surface area (Å²) in [7, 11) is 0. The Hall–Kier alpha value is -1.76. The standard InChI is InChI=1S/C12H14F3NO3/c1-11(8-17,12(13,14)15)16-10(18)19-7-9-5-3-2-4-6-9/h2-6,17H,7-8H2,1H3,(H,16,18). The summed E-state index contributed by atoms with van der Waals surface area (Å²) in [4.78, 5) is 11.3. The molecule has 1 aromatic rings. The van der Waals surface area contributed by atoms with Crippen molar-refractivity contribution in [2.45, 2.75) is 25.2 Å². The first kappa shape index (κ1) is 15.3. The van der Waals surface area contributed by atoms with Gasteiger partial charge in [-0.3, -0.25) is 0 Å². The van der Waals surface area contributed by atoms with Gasteiger partial charge in [-0.1, -0.05) is 30.3 Å². The highest BCUT2D eigenvalue weighted by molar-refractivity contribution is 5.68. The van der Waals surface area contributed by atoms with Crippen LogP contribution in [-0.4, -0.2) is 29.5 Å². The number of rotatable bonds is 4. The van der Waals surface area contributed by atoms with Crippen LogP contribution >= 0.6 is 0 Å². The van der Waals surface area contributed by atoms with Gasteiger partial charge in [-0.2, -0.15) is 13.2 Å². The smallest absolute Gasteiger partial charge is 0.413 e. The maximum absolute atomic E-state index is 12.6. The van der Waals surface area contributed by atoms with Crippen molar-refractivity contribution in [3.8, 4) is 0 Å².